The first-order valence-electron chi connectivity index (χ1n) is 6.33. The van der Waals surface area contributed by atoms with Crippen LogP contribution >= 0.6 is 0 Å². The number of nitrogens with one attached hydrogen (secondary N) is 1. The molecule has 0 aromatic carbocycles. The summed E-state index contributed by atoms with van der Waals surface area (Å²) < 4.78 is 0. The molecule has 0 fully saturated rings. The molecule has 0 radical (unpaired) electrons. The van der Waals surface area contributed by atoms with E-state index >= 15 is 0 Å². The number of rotatable bonds is 10. The molecule has 0 aromatic heterocycles. The Labute approximate surface area is 99.6 Å². The molecule has 1 atom stereocenters. The zero-order valence-corrected chi connectivity index (χ0v) is 11.0. The summed E-state index contributed by atoms with van der Waals surface area (Å²) in [4.78, 5) is 13.4. The highest BCUT2D eigenvalue weighted by Gasteiger charge is 2.14. The molecule has 0 aliphatic heterocycles. The standard InChI is InChI=1S/C12H27N3O/c1-4-6-9-15(3)10-7-11(12(13)16)14-8-5-2/h11,14H,4-10H2,1-3H3,(H2,13,16). The SMILES string of the molecule is CCCCN(C)CCC(NCCC)C(N)=O. The van der Waals surface area contributed by atoms with Gasteiger partial charge in [0, 0.05) is 0 Å². The third kappa shape index (κ3) is 7.65. The van der Waals surface area contributed by atoms with E-state index in [-0.39, 0.29) is 11.9 Å². The molecule has 0 aliphatic rings. The predicted octanol–water partition coefficient (Wildman–Crippen LogP) is 0.962. The van der Waals surface area contributed by atoms with Gasteiger partial charge in [-0.25, -0.2) is 0 Å². The zero-order chi connectivity index (χ0) is 12.4. The molecule has 0 rings (SSSR count). The summed E-state index contributed by atoms with van der Waals surface area (Å²) >= 11 is 0. The van der Waals surface area contributed by atoms with Crippen LogP contribution < -0.4 is 11.1 Å². The van der Waals surface area contributed by atoms with Gasteiger partial charge in [0.05, 0.1) is 6.04 Å². The van der Waals surface area contributed by atoms with Gasteiger partial charge in [-0.2, -0.15) is 0 Å². The van der Waals surface area contributed by atoms with E-state index in [0.29, 0.717) is 0 Å². The lowest BCUT2D eigenvalue weighted by atomic mass is 10.2. The van der Waals surface area contributed by atoms with E-state index in [2.05, 4.69) is 31.1 Å². The van der Waals surface area contributed by atoms with Crippen molar-refractivity contribution in [2.24, 2.45) is 5.73 Å². The molecule has 0 spiro atoms. The maximum atomic E-state index is 11.2. The number of nitrogens with zero attached hydrogens (tertiary/aromatic N) is 1. The molecule has 16 heavy (non-hydrogen) atoms. The van der Waals surface area contributed by atoms with Crippen molar-refractivity contribution in [3.05, 3.63) is 0 Å². The Balaban J connectivity index is 3.78. The fourth-order valence-electron chi connectivity index (χ4n) is 1.55. The van der Waals surface area contributed by atoms with Gasteiger partial charge in [-0.15, -0.1) is 0 Å². The Hall–Kier alpha value is -0.610. The minimum atomic E-state index is -0.239. The van der Waals surface area contributed by atoms with Crippen molar-refractivity contribution >= 4 is 5.91 Å². The smallest absolute Gasteiger partial charge is 0.234 e. The Bertz CT molecular complexity index is 185. The molecule has 1 unspecified atom stereocenters. The average molecular weight is 229 g/mol. The summed E-state index contributed by atoms with van der Waals surface area (Å²) in [5.41, 5.74) is 5.34. The topological polar surface area (TPSA) is 58.4 Å². The molecule has 4 heteroatoms. The number of unbranched alkanes of at least 4 members (excludes halogenated alkanes) is 1. The molecule has 1 amide bonds. The van der Waals surface area contributed by atoms with Gasteiger partial charge in [-0.3, -0.25) is 4.79 Å². The summed E-state index contributed by atoms with van der Waals surface area (Å²) in [5, 5.41) is 3.18. The Morgan fingerprint density at radius 1 is 1.31 bits per heavy atom. The summed E-state index contributed by atoms with van der Waals surface area (Å²) in [6.45, 7) is 7.13. The van der Waals surface area contributed by atoms with E-state index in [9.17, 15) is 4.79 Å². The maximum absolute atomic E-state index is 11.2. The molecular weight excluding hydrogens is 202 g/mol. The lowest BCUT2D eigenvalue weighted by Crippen LogP contribution is -2.43. The van der Waals surface area contributed by atoms with Crippen molar-refractivity contribution in [1.82, 2.24) is 10.2 Å². The number of carbonyl (C=O) groups excluding carboxylic acids is 1. The normalized spacial score (nSPS) is 13.0. The molecular formula is C12H27N3O. The van der Waals surface area contributed by atoms with Crippen molar-refractivity contribution in [2.75, 3.05) is 26.7 Å². The van der Waals surface area contributed by atoms with E-state index in [1.165, 1.54) is 12.8 Å². The largest absolute Gasteiger partial charge is 0.368 e. The second-order valence-electron chi connectivity index (χ2n) is 4.35. The van der Waals surface area contributed by atoms with E-state index in [1.807, 2.05) is 0 Å². The van der Waals surface area contributed by atoms with Crippen LogP contribution in [0.5, 0.6) is 0 Å². The number of nitrogens with two attached hydrogens (primary N) is 1. The first kappa shape index (κ1) is 15.4. The Kier molecular flexibility index (Phi) is 9.24. The number of amides is 1. The van der Waals surface area contributed by atoms with Crippen LogP contribution in [0.25, 0.3) is 0 Å². The fraction of sp³-hybridized carbons (Fsp3) is 0.917. The zero-order valence-electron chi connectivity index (χ0n) is 11.0. The maximum Gasteiger partial charge on any atom is 0.234 e. The highest BCUT2D eigenvalue weighted by Crippen LogP contribution is 1.97. The molecule has 0 heterocycles. The number of primary amides is 1. The first-order chi connectivity index (χ1) is 7.61. The quantitative estimate of drug-likeness (QED) is 0.586. The highest BCUT2D eigenvalue weighted by atomic mass is 16.1. The van der Waals surface area contributed by atoms with Crippen LogP contribution in [0.1, 0.15) is 39.5 Å². The first-order valence-corrected chi connectivity index (χ1v) is 6.33. The number of hydrogen-bond donors (Lipinski definition) is 2. The molecule has 0 saturated carbocycles. The molecule has 0 bridgehead atoms. The third-order valence-corrected chi connectivity index (χ3v) is 2.68. The summed E-state index contributed by atoms with van der Waals surface area (Å²) in [7, 11) is 2.09. The number of carbonyl (C=O) groups is 1. The lowest BCUT2D eigenvalue weighted by Gasteiger charge is -2.20. The monoisotopic (exact) mass is 229 g/mol. The minimum absolute atomic E-state index is 0.177. The number of hydrogen-bond acceptors (Lipinski definition) is 3. The van der Waals surface area contributed by atoms with Crippen LogP contribution in [0.2, 0.25) is 0 Å². The summed E-state index contributed by atoms with van der Waals surface area (Å²) in [5.74, 6) is -0.239. The molecule has 3 N–H and O–H groups in total. The van der Waals surface area contributed by atoms with E-state index < -0.39 is 0 Å². The van der Waals surface area contributed by atoms with Crippen LogP contribution in [0.4, 0.5) is 0 Å². The second-order valence-corrected chi connectivity index (χ2v) is 4.35. The second kappa shape index (κ2) is 9.60. The Morgan fingerprint density at radius 3 is 2.50 bits per heavy atom. The van der Waals surface area contributed by atoms with E-state index in [1.54, 1.807) is 0 Å². The van der Waals surface area contributed by atoms with E-state index in [0.717, 1.165) is 32.5 Å². The third-order valence-electron chi connectivity index (χ3n) is 2.68. The average Bonchev–Trinajstić information content (AvgIpc) is 2.25. The summed E-state index contributed by atoms with van der Waals surface area (Å²) in [6, 6.07) is -0.177. The fourth-order valence-corrected chi connectivity index (χ4v) is 1.55. The van der Waals surface area contributed by atoms with Crippen LogP contribution in [-0.2, 0) is 4.79 Å². The molecule has 0 saturated heterocycles. The molecule has 0 aliphatic carbocycles. The van der Waals surface area contributed by atoms with Crippen LogP contribution in [0, 0.1) is 0 Å². The molecule has 0 aromatic rings. The van der Waals surface area contributed by atoms with Gasteiger partial charge in [-0.05, 0) is 45.9 Å². The van der Waals surface area contributed by atoms with Gasteiger partial charge >= 0.3 is 0 Å². The summed E-state index contributed by atoms with van der Waals surface area (Å²) in [6.07, 6.45) is 4.24. The van der Waals surface area contributed by atoms with Crippen LogP contribution in [-0.4, -0.2) is 43.5 Å². The van der Waals surface area contributed by atoms with Gasteiger partial charge in [0.25, 0.3) is 0 Å². The van der Waals surface area contributed by atoms with Gasteiger partial charge < -0.3 is 16.0 Å². The van der Waals surface area contributed by atoms with Crippen molar-refractivity contribution in [3.8, 4) is 0 Å². The van der Waals surface area contributed by atoms with Gasteiger partial charge in [0.2, 0.25) is 5.91 Å². The van der Waals surface area contributed by atoms with E-state index in [4.69, 9.17) is 5.73 Å². The van der Waals surface area contributed by atoms with Crippen molar-refractivity contribution in [3.63, 3.8) is 0 Å². The van der Waals surface area contributed by atoms with Crippen molar-refractivity contribution in [2.45, 2.75) is 45.6 Å². The molecule has 96 valence electrons. The van der Waals surface area contributed by atoms with Gasteiger partial charge in [0.1, 0.15) is 0 Å². The van der Waals surface area contributed by atoms with Crippen LogP contribution in [0.3, 0.4) is 0 Å². The van der Waals surface area contributed by atoms with Crippen LogP contribution in [0.15, 0.2) is 0 Å². The highest BCUT2D eigenvalue weighted by molar-refractivity contribution is 5.79. The molecule has 4 nitrogen and oxygen atoms in total. The lowest BCUT2D eigenvalue weighted by molar-refractivity contribution is -0.120. The van der Waals surface area contributed by atoms with Crippen molar-refractivity contribution < 1.29 is 4.79 Å². The van der Waals surface area contributed by atoms with Gasteiger partial charge in [0.15, 0.2) is 0 Å². The minimum Gasteiger partial charge on any atom is -0.368 e. The Morgan fingerprint density at radius 2 is 2.00 bits per heavy atom. The van der Waals surface area contributed by atoms with Crippen molar-refractivity contribution in [1.29, 1.82) is 0 Å². The predicted molar refractivity (Wildman–Crippen MR) is 68.3 cm³/mol. The van der Waals surface area contributed by atoms with Gasteiger partial charge in [-0.1, -0.05) is 20.3 Å².